The molecule has 0 unspecified atom stereocenters. The number of para-hydroxylation sites is 2. The molecule has 0 bridgehead atoms. The lowest BCUT2D eigenvalue weighted by Gasteiger charge is -2.28. The van der Waals surface area contributed by atoms with Crippen LogP contribution in [0, 0.1) is 5.92 Å². The number of fused-ring (bicyclic) bond motifs is 1. The average molecular weight is 362 g/mol. The van der Waals surface area contributed by atoms with Gasteiger partial charge in [-0.25, -0.2) is 13.8 Å². The maximum atomic E-state index is 12.7. The van der Waals surface area contributed by atoms with E-state index in [2.05, 4.69) is 15.6 Å². The third kappa shape index (κ3) is 3.14. The van der Waals surface area contributed by atoms with Gasteiger partial charge in [-0.3, -0.25) is 10.1 Å². The highest BCUT2D eigenvalue weighted by atomic mass is 32.1. The SMILES string of the molecule is O=C(Nc1nc2ccccc2n1CC1CNC1)c1ccc(C(F)F)s1. The molecule has 2 aromatic heterocycles. The molecule has 3 heterocycles. The van der Waals surface area contributed by atoms with Crippen molar-refractivity contribution in [2.24, 2.45) is 5.92 Å². The number of carbonyl (C=O) groups is 1. The minimum Gasteiger partial charge on any atom is -0.316 e. The number of alkyl halides is 2. The molecule has 1 aliphatic rings. The zero-order chi connectivity index (χ0) is 17.4. The van der Waals surface area contributed by atoms with E-state index < -0.39 is 12.3 Å². The second kappa shape index (κ2) is 6.53. The predicted octanol–water partition coefficient (Wildman–Crippen LogP) is 3.51. The normalized spacial score (nSPS) is 14.8. The first-order valence-electron chi connectivity index (χ1n) is 7.97. The zero-order valence-electron chi connectivity index (χ0n) is 13.2. The highest BCUT2D eigenvalue weighted by Gasteiger charge is 2.22. The van der Waals surface area contributed by atoms with Crippen LogP contribution in [-0.2, 0) is 6.54 Å². The maximum Gasteiger partial charge on any atom is 0.272 e. The summed E-state index contributed by atoms with van der Waals surface area (Å²) in [5.41, 5.74) is 1.74. The second-order valence-corrected chi connectivity index (χ2v) is 7.13. The number of amides is 1. The first-order chi connectivity index (χ1) is 12.1. The van der Waals surface area contributed by atoms with Crippen LogP contribution in [0.3, 0.4) is 0 Å². The van der Waals surface area contributed by atoms with Crippen LogP contribution in [-0.4, -0.2) is 28.5 Å². The summed E-state index contributed by atoms with van der Waals surface area (Å²) < 4.78 is 27.4. The summed E-state index contributed by atoms with van der Waals surface area (Å²) in [6, 6.07) is 10.4. The van der Waals surface area contributed by atoms with Gasteiger partial charge in [0.05, 0.1) is 20.8 Å². The largest absolute Gasteiger partial charge is 0.316 e. The lowest BCUT2D eigenvalue weighted by molar-refractivity contribution is 0.102. The number of benzene rings is 1. The molecule has 1 aromatic carbocycles. The number of hydrogen-bond donors (Lipinski definition) is 2. The first-order valence-corrected chi connectivity index (χ1v) is 8.78. The van der Waals surface area contributed by atoms with Gasteiger partial charge < -0.3 is 9.88 Å². The Kier molecular flexibility index (Phi) is 4.22. The van der Waals surface area contributed by atoms with E-state index in [4.69, 9.17) is 0 Å². The van der Waals surface area contributed by atoms with E-state index in [-0.39, 0.29) is 9.75 Å². The van der Waals surface area contributed by atoms with Crippen LogP contribution in [0.25, 0.3) is 11.0 Å². The van der Waals surface area contributed by atoms with Crippen LogP contribution in [0.1, 0.15) is 21.0 Å². The number of anilines is 1. The Hall–Kier alpha value is -2.32. The fourth-order valence-corrected chi connectivity index (χ4v) is 3.61. The summed E-state index contributed by atoms with van der Waals surface area (Å²) in [5, 5.41) is 6.01. The molecule has 130 valence electrons. The van der Waals surface area contributed by atoms with E-state index in [0.717, 1.165) is 42.0 Å². The minimum absolute atomic E-state index is 0.112. The molecule has 4 rings (SSSR count). The Morgan fingerprint density at radius 2 is 2.12 bits per heavy atom. The van der Waals surface area contributed by atoms with Crippen molar-refractivity contribution in [3.63, 3.8) is 0 Å². The molecule has 0 saturated carbocycles. The van der Waals surface area contributed by atoms with Crippen molar-refractivity contribution in [3.05, 3.63) is 46.2 Å². The Morgan fingerprint density at radius 1 is 1.32 bits per heavy atom. The van der Waals surface area contributed by atoms with Gasteiger partial charge in [-0.1, -0.05) is 12.1 Å². The highest BCUT2D eigenvalue weighted by Crippen LogP contribution is 2.28. The highest BCUT2D eigenvalue weighted by molar-refractivity contribution is 7.14. The van der Waals surface area contributed by atoms with Gasteiger partial charge in [-0.15, -0.1) is 11.3 Å². The van der Waals surface area contributed by atoms with Crippen molar-refractivity contribution in [3.8, 4) is 0 Å². The molecule has 3 aromatic rings. The van der Waals surface area contributed by atoms with Crippen molar-refractivity contribution in [1.29, 1.82) is 0 Å². The Balaban J connectivity index is 1.63. The molecule has 8 heteroatoms. The lowest BCUT2D eigenvalue weighted by atomic mass is 10.0. The molecular weight excluding hydrogens is 346 g/mol. The first kappa shape index (κ1) is 16.2. The Morgan fingerprint density at radius 3 is 2.80 bits per heavy atom. The molecule has 0 atom stereocenters. The molecule has 5 nitrogen and oxygen atoms in total. The van der Waals surface area contributed by atoms with Gasteiger partial charge in [0.1, 0.15) is 0 Å². The van der Waals surface area contributed by atoms with Crippen LogP contribution in [0.15, 0.2) is 36.4 Å². The average Bonchev–Trinajstić information content (AvgIpc) is 3.16. The summed E-state index contributed by atoms with van der Waals surface area (Å²) in [5.74, 6) is 0.519. The van der Waals surface area contributed by atoms with Gasteiger partial charge in [-0.05, 0) is 24.3 Å². The number of carbonyl (C=O) groups excluding carboxylic acids is 1. The number of imidazole rings is 1. The summed E-state index contributed by atoms with van der Waals surface area (Å²) in [6.07, 6.45) is -2.57. The minimum atomic E-state index is -2.57. The number of rotatable bonds is 5. The van der Waals surface area contributed by atoms with Crippen LogP contribution >= 0.6 is 11.3 Å². The molecule has 25 heavy (non-hydrogen) atoms. The Bertz CT molecular complexity index is 916. The van der Waals surface area contributed by atoms with Crippen LogP contribution in [0.2, 0.25) is 0 Å². The van der Waals surface area contributed by atoms with Crippen molar-refractivity contribution in [2.75, 3.05) is 18.4 Å². The zero-order valence-corrected chi connectivity index (χ0v) is 14.0. The van der Waals surface area contributed by atoms with Crippen molar-refractivity contribution < 1.29 is 13.6 Å². The predicted molar refractivity (Wildman–Crippen MR) is 93.3 cm³/mol. The van der Waals surface area contributed by atoms with Gasteiger partial charge in [0, 0.05) is 25.6 Å². The maximum absolute atomic E-state index is 12.7. The van der Waals surface area contributed by atoms with Crippen molar-refractivity contribution >= 4 is 34.2 Å². The molecule has 0 spiro atoms. The fraction of sp³-hybridized carbons (Fsp3) is 0.294. The topological polar surface area (TPSA) is 59.0 Å². The van der Waals surface area contributed by atoms with E-state index in [0.29, 0.717) is 11.9 Å². The summed E-state index contributed by atoms with van der Waals surface area (Å²) in [7, 11) is 0. The van der Waals surface area contributed by atoms with Crippen LogP contribution in [0.5, 0.6) is 0 Å². The van der Waals surface area contributed by atoms with E-state index in [1.165, 1.54) is 12.1 Å². The van der Waals surface area contributed by atoms with Gasteiger partial charge >= 0.3 is 0 Å². The van der Waals surface area contributed by atoms with Gasteiger partial charge in [-0.2, -0.15) is 0 Å². The summed E-state index contributed by atoms with van der Waals surface area (Å²) in [4.78, 5) is 17.1. The molecule has 1 saturated heterocycles. The van der Waals surface area contributed by atoms with Gasteiger partial charge in [0.25, 0.3) is 12.3 Å². The Labute approximate surface area is 146 Å². The standard InChI is InChI=1S/C17H16F2N4OS/c18-15(19)13-5-6-14(25-13)16(24)22-17-21-11-3-1-2-4-12(11)23(17)9-10-7-20-8-10/h1-6,10,15,20H,7-9H2,(H,21,22,24). The van der Waals surface area contributed by atoms with E-state index >= 15 is 0 Å². The van der Waals surface area contributed by atoms with Crippen LogP contribution < -0.4 is 10.6 Å². The van der Waals surface area contributed by atoms with E-state index in [1.807, 2.05) is 28.8 Å². The number of halogens is 2. The quantitative estimate of drug-likeness (QED) is 0.730. The van der Waals surface area contributed by atoms with Gasteiger partial charge in [0.15, 0.2) is 0 Å². The summed E-state index contributed by atoms with van der Waals surface area (Å²) >= 11 is 0.802. The molecule has 2 N–H and O–H groups in total. The number of thiophene rings is 1. The smallest absolute Gasteiger partial charge is 0.272 e. The van der Waals surface area contributed by atoms with E-state index in [9.17, 15) is 13.6 Å². The molecule has 0 radical (unpaired) electrons. The second-order valence-electron chi connectivity index (χ2n) is 6.02. The number of nitrogens with one attached hydrogen (secondary N) is 2. The third-order valence-electron chi connectivity index (χ3n) is 4.25. The summed E-state index contributed by atoms with van der Waals surface area (Å²) in [6.45, 7) is 2.61. The van der Waals surface area contributed by atoms with Crippen molar-refractivity contribution in [2.45, 2.75) is 13.0 Å². The molecular formula is C17H16F2N4OS. The van der Waals surface area contributed by atoms with Crippen molar-refractivity contribution in [1.82, 2.24) is 14.9 Å². The third-order valence-corrected chi connectivity index (χ3v) is 5.34. The van der Waals surface area contributed by atoms with E-state index in [1.54, 1.807) is 0 Å². The number of nitrogens with zero attached hydrogens (tertiary/aromatic N) is 2. The molecule has 1 amide bonds. The van der Waals surface area contributed by atoms with Gasteiger partial charge in [0.2, 0.25) is 5.95 Å². The number of aromatic nitrogens is 2. The lowest BCUT2D eigenvalue weighted by Crippen LogP contribution is -2.44. The fourth-order valence-electron chi connectivity index (χ4n) is 2.85. The molecule has 1 aliphatic heterocycles. The van der Waals surface area contributed by atoms with Crippen LogP contribution in [0.4, 0.5) is 14.7 Å². The molecule has 0 aliphatic carbocycles. The molecule has 1 fully saturated rings. The number of hydrogen-bond acceptors (Lipinski definition) is 4. The monoisotopic (exact) mass is 362 g/mol.